The maximum absolute atomic E-state index is 13.9. The van der Waals surface area contributed by atoms with Crippen LogP contribution in [0, 0.1) is 17.6 Å². The molecule has 1 amide bonds. The van der Waals surface area contributed by atoms with Gasteiger partial charge >= 0.3 is 0 Å². The van der Waals surface area contributed by atoms with E-state index < -0.39 is 11.6 Å². The maximum Gasteiger partial charge on any atom is 0.241 e. The molecule has 2 aromatic carbocycles. The number of piperidine rings is 1. The highest BCUT2D eigenvalue weighted by Crippen LogP contribution is 2.26. The summed E-state index contributed by atoms with van der Waals surface area (Å²) in [7, 11) is 0. The highest BCUT2D eigenvalue weighted by molar-refractivity contribution is 5.92. The molecule has 1 N–H and O–H groups in total. The fourth-order valence-corrected chi connectivity index (χ4v) is 3.99. The summed E-state index contributed by atoms with van der Waals surface area (Å²) in [6, 6.07) is 11.2. The molecule has 0 spiro atoms. The third-order valence-electron chi connectivity index (χ3n) is 5.90. The molecule has 0 aliphatic carbocycles. The van der Waals surface area contributed by atoms with Crippen LogP contribution in [0.4, 0.5) is 14.5 Å². The topological polar surface area (TPSA) is 71.3 Å². The molecule has 1 aliphatic heterocycles. The lowest BCUT2D eigenvalue weighted by atomic mass is 9.87. The zero-order chi connectivity index (χ0) is 23.6. The average Bonchev–Trinajstić information content (AvgIpc) is 3.24. The Balaban J connectivity index is 1.37. The van der Waals surface area contributed by atoms with Crippen molar-refractivity contribution < 1.29 is 18.1 Å². The molecule has 1 atom stereocenters. The molecule has 1 saturated heterocycles. The summed E-state index contributed by atoms with van der Waals surface area (Å²) < 4.78 is 32.4. The van der Waals surface area contributed by atoms with Crippen LogP contribution in [-0.4, -0.2) is 34.0 Å². The van der Waals surface area contributed by atoms with Gasteiger partial charge in [0.1, 0.15) is 11.6 Å². The zero-order valence-corrected chi connectivity index (χ0v) is 19.1. The SMILES string of the molecule is CC(C)(C)c1ccc(-c2noc(CN3CCCC(C(=O)Nc4ccc(F)cc4F)C3)n2)cc1. The number of anilines is 1. The van der Waals surface area contributed by atoms with Gasteiger partial charge < -0.3 is 9.84 Å². The molecule has 0 bridgehead atoms. The van der Waals surface area contributed by atoms with E-state index in [2.05, 4.69) is 53.3 Å². The van der Waals surface area contributed by atoms with Gasteiger partial charge in [-0.3, -0.25) is 9.69 Å². The fraction of sp³-hybridized carbons (Fsp3) is 0.400. The Bertz CT molecular complexity index is 1120. The number of rotatable bonds is 5. The average molecular weight is 455 g/mol. The summed E-state index contributed by atoms with van der Waals surface area (Å²) >= 11 is 0. The van der Waals surface area contributed by atoms with Crippen LogP contribution < -0.4 is 5.32 Å². The van der Waals surface area contributed by atoms with Gasteiger partial charge in [0, 0.05) is 18.2 Å². The molecule has 6 nitrogen and oxygen atoms in total. The Hall–Kier alpha value is -3.13. The summed E-state index contributed by atoms with van der Waals surface area (Å²) in [5, 5.41) is 6.68. The van der Waals surface area contributed by atoms with E-state index in [0.29, 0.717) is 31.2 Å². The van der Waals surface area contributed by atoms with E-state index in [1.807, 2.05) is 12.1 Å². The monoisotopic (exact) mass is 454 g/mol. The molecule has 33 heavy (non-hydrogen) atoms. The molecule has 1 fully saturated rings. The predicted octanol–water partition coefficient (Wildman–Crippen LogP) is 5.16. The molecule has 3 aromatic rings. The van der Waals surface area contributed by atoms with Crippen LogP contribution >= 0.6 is 0 Å². The third kappa shape index (κ3) is 5.63. The molecule has 174 valence electrons. The van der Waals surface area contributed by atoms with E-state index in [1.54, 1.807) is 0 Å². The standard InChI is InChI=1S/C25H28F2N4O2/c1-25(2,3)18-8-6-16(7-9-18)23-29-22(33-30-23)15-31-12-4-5-17(14-31)24(32)28-21-11-10-19(26)13-20(21)27/h6-11,13,17H,4-5,12,14-15H2,1-3H3,(H,28,32). The van der Waals surface area contributed by atoms with Crippen LogP contribution in [0.25, 0.3) is 11.4 Å². The number of halogens is 2. The lowest BCUT2D eigenvalue weighted by Crippen LogP contribution is -2.40. The van der Waals surface area contributed by atoms with E-state index >= 15 is 0 Å². The van der Waals surface area contributed by atoms with E-state index in [4.69, 9.17) is 4.52 Å². The van der Waals surface area contributed by atoms with E-state index in [-0.39, 0.29) is 22.9 Å². The quantitative estimate of drug-likeness (QED) is 0.576. The van der Waals surface area contributed by atoms with Gasteiger partial charge in [0.25, 0.3) is 0 Å². The van der Waals surface area contributed by atoms with Crippen LogP contribution in [0.5, 0.6) is 0 Å². The number of benzene rings is 2. The Morgan fingerprint density at radius 1 is 1.18 bits per heavy atom. The molecule has 1 aromatic heterocycles. The lowest BCUT2D eigenvalue weighted by molar-refractivity contribution is -0.121. The van der Waals surface area contributed by atoms with Crippen molar-refractivity contribution >= 4 is 11.6 Å². The highest BCUT2D eigenvalue weighted by Gasteiger charge is 2.27. The molecule has 0 saturated carbocycles. The van der Waals surface area contributed by atoms with Gasteiger partial charge in [-0.25, -0.2) is 8.78 Å². The number of hydrogen-bond donors (Lipinski definition) is 1. The Labute approximate surface area is 192 Å². The van der Waals surface area contributed by atoms with Crippen molar-refractivity contribution in [2.24, 2.45) is 5.92 Å². The van der Waals surface area contributed by atoms with Crippen molar-refractivity contribution in [1.82, 2.24) is 15.0 Å². The Morgan fingerprint density at radius 2 is 1.94 bits per heavy atom. The number of hydrogen-bond acceptors (Lipinski definition) is 5. The second-order valence-electron chi connectivity index (χ2n) is 9.53. The van der Waals surface area contributed by atoms with Gasteiger partial charge in [-0.2, -0.15) is 4.98 Å². The fourth-order valence-electron chi connectivity index (χ4n) is 3.99. The van der Waals surface area contributed by atoms with Crippen molar-refractivity contribution in [2.75, 3.05) is 18.4 Å². The van der Waals surface area contributed by atoms with Crippen molar-refractivity contribution in [3.05, 3.63) is 65.6 Å². The zero-order valence-electron chi connectivity index (χ0n) is 19.1. The Kier molecular flexibility index (Phi) is 6.56. The van der Waals surface area contributed by atoms with E-state index in [1.165, 1.54) is 11.6 Å². The second-order valence-corrected chi connectivity index (χ2v) is 9.53. The minimum Gasteiger partial charge on any atom is -0.338 e. The van der Waals surface area contributed by atoms with Gasteiger partial charge in [-0.15, -0.1) is 0 Å². The van der Waals surface area contributed by atoms with Crippen LogP contribution in [-0.2, 0) is 16.8 Å². The minimum atomic E-state index is -0.787. The van der Waals surface area contributed by atoms with Crippen LogP contribution in [0.15, 0.2) is 47.0 Å². The molecular weight excluding hydrogens is 426 g/mol. The molecule has 2 heterocycles. The van der Waals surface area contributed by atoms with Crippen molar-refractivity contribution in [1.29, 1.82) is 0 Å². The van der Waals surface area contributed by atoms with Crippen molar-refractivity contribution in [3.8, 4) is 11.4 Å². The number of nitrogens with one attached hydrogen (secondary N) is 1. The van der Waals surface area contributed by atoms with Gasteiger partial charge in [0.15, 0.2) is 0 Å². The summed E-state index contributed by atoms with van der Waals surface area (Å²) in [6.45, 7) is 8.21. The first-order valence-electron chi connectivity index (χ1n) is 11.1. The van der Waals surface area contributed by atoms with Crippen LogP contribution in [0.1, 0.15) is 45.1 Å². The number of amides is 1. The number of carbonyl (C=O) groups is 1. The van der Waals surface area contributed by atoms with Crippen molar-refractivity contribution in [3.63, 3.8) is 0 Å². The normalized spacial score (nSPS) is 17.2. The van der Waals surface area contributed by atoms with Crippen molar-refractivity contribution in [2.45, 2.75) is 45.6 Å². The van der Waals surface area contributed by atoms with Gasteiger partial charge in [0.2, 0.25) is 17.6 Å². The summed E-state index contributed by atoms with van der Waals surface area (Å²) in [6.07, 6.45) is 1.51. The first-order valence-corrected chi connectivity index (χ1v) is 11.1. The first kappa shape index (κ1) is 23.0. The molecule has 1 unspecified atom stereocenters. The molecule has 8 heteroatoms. The van der Waals surface area contributed by atoms with Gasteiger partial charge in [0.05, 0.1) is 18.2 Å². The minimum absolute atomic E-state index is 0.0162. The molecule has 0 radical (unpaired) electrons. The summed E-state index contributed by atoms with van der Waals surface area (Å²) in [4.78, 5) is 19.2. The van der Waals surface area contributed by atoms with E-state index in [0.717, 1.165) is 30.7 Å². The maximum atomic E-state index is 13.9. The van der Waals surface area contributed by atoms with Crippen LogP contribution in [0.2, 0.25) is 0 Å². The van der Waals surface area contributed by atoms with Crippen LogP contribution in [0.3, 0.4) is 0 Å². The second kappa shape index (κ2) is 9.39. The largest absolute Gasteiger partial charge is 0.338 e. The number of carbonyl (C=O) groups excluding carboxylic acids is 1. The predicted molar refractivity (Wildman–Crippen MR) is 121 cm³/mol. The molecule has 4 rings (SSSR count). The summed E-state index contributed by atoms with van der Waals surface area (Å²) in [5.41, 5.74) is 2.17. The van der Waals surface area contributed by atoms with Gasteiger partial charge in [-0.05, 0) is 42.5 Å². The van der Waals surface area contributed by atoms with E-state index in [9.17, 15) is 13.6 Å². The first-order chi connectivity index (χ1) is 15.7. The molecule has 1 aliphatic rings. The third-order valence-corrected chi connectivity index (χ3v) is 5.90. The highest BCUT2D eigenvalue weighted by atomic mass is 19.1. The molecular formula is C25H28F2N4O2. The number of likely N-dealkylation sites (tertiary alicyclic amines) is 1. The Morgan fingerprint density at radius 3 is 2.64 bits per heavy atom. The smallest absolute Gasteiger partial charge is 0.241 e. The van der Waals surface area contributed by atoms with Gasteiger partial charge in [-0.1, -0.05) is 50.2 Å². The number of nitrogens with zero attached hydrogens (tertiary/aromatic N) is 3. The summed E-state index contributed by atoms with van der Waals surface area (Å²) in [5.74, 6) is -1.05. The lowest BCUT2D eigenvalue weighted by Gasteiger charge is -2.30. The number of aromatic nitrogens is 2.